The summed E-state index contributed by atoms with van der Waals surface area (Å²) in [7, 11) is 0. The Morgan fingerprint density at radius 3 is 2.82 bits per heavy atom. The van der Waals surface area contributed by atoms with E-state index in [0.717, 1.165) is 5.01 Å². The van der Waals surface area contributed by atoms with Gasteiger partial charge in [-0.15, -0.1) is 11.3 Å². The van der Waals surface area contributed by atoms with Gasteiger partial charge in [0.1, 0.15) is 10.9 Å². The van der Waals surface area contributed by atoms with Crippen LogP contribution < -0.4 is 0 Å². The first-order chi connectivity index (χ1) is 7.99. The number of aliphatic hydroxyl groups excluding tert-OH is 1. The Hall–Kier alpha value is -1.47. The highest BCUT2D eigenvalue weighted by molar-refractivity contribution is 7.13. The molecule has 1 aliphatic rings. The number of aromatic nitrogens is 1. The van der Waals surface area contributed by atoms with Crippen LogP contribution in [0.25, 0.3) is 0 Å². The second kappa shape index (κ2) is 4.42. The summed E-state index contributed by atoms with van der Waals surface area (Å²) in [5, 5.41) is 19.2. The molecule has 6 nitrogen and oxygen atoms in total. The van der Waals surface area contributed by atoms with Crippen LogP contribution in [0.2, 0.25) is 0 Å². The van der Waals surface area contributed by atoms with Gasteiger partial charge < -0.3 is 15.1 Å². The first-order valence-electron chi connectivity index (χ1n) is 5.13. The van der Waals surface area contributed by atoms with E-state index in [2.05, 4.69) is 4.98 Å². The lowest BCUT2D eigenvalue weighted by Gasteiger charge is -2.19. The normalized spacial score (nSPS) is 24.0. The van der Waals surface area contributed by atoms with E-state index in [1.807, 2.05) is 0 Å². The number of hydrogen-bond donors (Lipinski definition) is 2. The van der Waals surface area contributed by atoms with Crippen molar-refractivity contribution in [2.24, 2.45) is 0 Å². The van der Waals surface area contributed by atoms with Crippen molar-refractivity contribution in [2.45, 2.75) is 25.5 Å². The molecule has 7 heteroatoms. The van der Waals surface area contributed by atoms with Crippen molar-refractivity contribution in [3.63, 3.8) is 0 Å². The van der Waals surface area contributed by atoms with Gasteiger partial charge in [-0.2, -0.15) is 0 Å². The largest absolute Gasteiger partial charge is 0.480 e. The van der Waals surface area contributed by atoms with Gasteiger partial charge >= 0.3 is 5.97 Å². The summed E-state index contributed by atoms with van der Waals surface area (Å²) in [6.07, 6.45) is 0.749. The SMILES string of the molecule is Cc1ncc(C(=O)N2C[C@H](O)C[C@@H]2C(=O)O)s1. The third-order valence-corrected chi connectivity index (χ3v) is 3.56. The molecule has 2 rings (SSSR count). The molecule has 1 aromatic heterocycles. The molecule has 1 aliphatic heterocycles. The zero-order valence-electron chi connectivity index (χ0n) is 9.16. The molecule has 0 spiro atoms. The number of carbonyl (C=O) groups excluding carboxylic acids is 1. The van der Waals surface area contributed by atoms with Crippen molar-refractivity contribution in [3.05, 3.63) is 16.1 Å². The lowest BCUT2D eigenvalue weighted by atomic mass is 10.2. The first kappa shape index (κ1) is 12.0. The number of aliphatic carboxylic acids is 1. The molecule has 1 saturated heterocycles. The number of likely N-dealkylation sites (tertiary alicyclic amines) is 1. The Kier molecular flexibility index (Phi) is 3.12. The molecule has 17 heavy (non-hydrogen) atoms. The molecular weight excluding hydrogens is 244 g/mol. The zero-order valence-corrected chi connectivity index (χ0v) is 9.98. The van der Waals surface area contributed by atoms with Crippen molar-refractivity contribution in [1.82, 2.24) is 9.88 Å². The highest BCUT2D eigenvalue weighted by Crippen LogP contribution is 2.23. The fraction of sp³-hybridized carbons (Fsp3) is 0.500. The van der Waals surface area contributed by atoms with Crippen LogP contribution in [-0.2, 0) is 4.79 Å². The number of nitrogens with zero attached hydrogens (tertiary/aromatic N) is 2. The van der Waals surface area contributed by atoms with Gasteiger partial charge in [-0.05, 0) is 6.92 Å². The first-order valence-corrected chi connectivity index (χ1v) is 5.95. The van der Waals surface area contributed by atoms with E-state index in [9.17, 15) is 14.7 Å². The molecule has 0 aromatic carbocycles. The van der Waals surface area contributed by atoms with Gasteiger partial charge in [-0.1, -0.05) is 0 Å². The maximum atomic E-state index is 12.0. The van der Waals surface area contributed by atoms with E-state index in [1.54, 1.807) is 6.92 Å². The summed E-state index contributed by atoms with van der Waals surface area (Å²) in [6, 6.07) is -0.945. The second-order valence-electron chi connectivity index (χ2n) is 3.94. The van der Waals surface area contributed by atoms with E-state index >= 15 is 0 Å². The number of carbonyl (C=O) groups is 2. The highest BCUT2D eigenvalue weighted by Gasteiger charge is 2.39. The van der Waals surface area contributed by atoms with Gasteiger partial charge in [0.2, 0.25) is 0 Å². The van der Waals surface area contributed by atoms with Gasteiger partial charge in [0.05, 0.1) is 17.3 Å². The Labute approximate surface area is 102 Å². The number of carboxylic acid groups (broad SMARTS) is 1. The maximum absolute atomic E-state index is 12.0. The minimum absolute atomic E-state index is 0.0622. The highest BCUT2D eigenvalue weighted by atomic mass is 32.1. The van der Waals surface area contributed by atoms with Crippen LogP contribution in [0.3, 0.4) is 0 Å². The van der Waals surface area contributed by atoms with Gasteiger partial charge in [-0.25, -0.2) is 9.78 Å². The number of amides is 1. The molecule has 92 valence electrons. The summed E-state index contributed by atoms with van der Waals surface area (Å²) < 4.78 is 0. The third-order valence-electron chi connectivity index (χ3n) is 2.66. The molecule has 1 aromatic rings. The lowest BCUT2D eigenvalue weighted by Crippen LogP contribution is -2.40. The molecule has 2 atom stereocenters. The molecule has 2 N–H and O–H groups in total. The number of rotatable bonds is 2. The van der Waals surface area contributed by atoms with Gasteiger partial charge in [0, 0.05) is 13.0 Å². The molecule has 0 saturated carbocycles. The standard InChI is InChI=1S/C10H12N2O4S/c1-5-11-3-8(17-5)9(14)12-4-6(13)2-7(12)10(15)16/h3,6-7,13H,2,4H2,1H3,(H,15,16)/t6-,7-/m1/s1. The predicted octanol–water partition coefficient (Wildman–Crippen LogP) is 0.112. The van der Waals surface area contributed by atoms with E-state index in [-0.39, 0.29) is 18.9 Å². The molecule has 0 radical (unpaired) electrons. The number of aliphatic hydroxyl groups is 1. The number of aryl methyl sites for hydroxylation is 1. The molecule has 1 amide bonds. The molecule has 0 bridgehead atoms. The van der Waals surface area contributed by atoms with Gasteiger partial charge in [-0.3, -0.25) is 4.79 Å². The summed E-state index contributed by atoms with van der Waals surface area (Å²) in [6.45, 7) is 1.84. The van der Waals surface area contributed by atoms with E-state index in [4.69, 9.17) is 5.11 Å². The summed E-state index contributed by atoms with van der Waals surface area (Å²) >= 11 is 1.22. The third kappa shape index (κ3) is 2.29. The van der Waals surface area contributed by atoms with Crippen LogP contribution in [0.1, 0.15) is 21.1 Å². The Balaban J connectivity index is 2.21. The van der Waals surface area contributed by atoms with Gasteiger partial charge in [0.15, 0.2) is 0 Å². The molecular formula is C10H12N2O4S. The predicted molar refractivity (Wildman–Crippen MR) is 59.9 cm³/mol. The van der Waals surface area contributed by atoms with Crippen LogP contribution in [0, 0.1) is 6.92 Å². The van der Waals surface area contributed by atoms with Gasteiger partial charge in [0.25, 0.3) is 5.91 Å². The van der Waals surface area contributed by atoms with E-state index in [1.165, 1.54) is 22.4 Å². The summed E-state index contributed by atoms with van der Waals surface area (Å²) in [5.74, 6) is -1.46. The average molecular weight is 256 g/mol. The van der Waals surface area contributed by atoms with E-state index in [0.29, 0.717) is 4.88 Å². The summed E-state index contributed by atoms with van der Waals surface area (Å²) in [5.41, 5.74) is 0. The van der Waals surface area contributed by atoms with Crippen molar-refractivity contribution in [1.29, 1.82) is 0 Å². The number of β-amino-alcohol motifs (C(OH)–C–C–N with tert-alkyl or cyclic N) is 1. The van der Waals surface area contributed by atoms with Crippen molar-refractivity contribution >= 4 is 23.2 Å². The topological polar surface area (TPSA) is 90.7 Å². The summed E-state index contributed by atoms with van der Waals surface area (Å²) in [4.78, 5) is 28.6. The molecule has 1 fully saturated rings. The fourth-order valence-electron chi connectivity index (χ4n) is 1.87. The fourth-order valence-corrected chi connectivity index (χ4v) is 2.61. The minimum Gasteiger partial charge on any atom is -0.480 e. The molecule has 0 unspecified atom stereocenters. The Morgan fingerprint density at radius 2 is 2.29 bits per heavy atom. The van der Waals surface area contributed by atoms with Crippen LogP contribution in [0.15, 0.2) is 6.20 Å². The van der Waals surface area contributed by atoms with Crippen LogP contribution >= 0.6 is 11.3 Å². The van der Waals surface area contributed by atoms with Crippen LogP contribution in [0.5, 0.6) is 0 Å². The lowest BCUT2D eigenvalue weighted by molar-refractivity contribution is -0.141. The number of hydrogen-bond acceptors (Lipinski definition) is 5. The Bertz CT molecular complexity index is 459. The van der Waals surface area contributed by atoms with Crippen LogP contribution in [-0.4, -0.2) is 50.7 Å². The maximum Gasteiger partial charge on any atom is 0.326 e. The quantitative estimate of drug-likeness (QED) is 0.783. The molecule has 0 aliphatic carbocycles. The smallest absolute Gasteiger partial charge is 0.326 e. The van der Waals surface area contributed by atoms with Crippen molar-refractivity contribution in [3.8, 4) is 0 Å². The van der Waals surface area contributed by atoms with E-state index < -0.39 is 18.1 Å². The monoisotopic (exact) mass is 256 g/mol. The Morgan fingerprint density at radius 1 is 1.59 bits per heavy atom. The minimum atomic E-state index is -1.09. The zero-order chi connectivity index (χ0) is 12.6. The molecule has 2 heterocycles. The number of thiazole rings is 1. The van der Waals surface area contributed by atoms with Crippen molar-refractivity contribution < 1.29 is 19.8 Å². The number of carboxylic acids is 1. The van der Waals surface area contributed by atoms with Crippen molar-refractivity contribution in [2.75, 3.05) is 6.54 Å². The second-order valence-corrected chi connectivity index (χ2v) is 5.18. The van der Waals surface area contributed by atoms with Crippen LogP contribution in [0.4, 0.5) is 0 Å². The average Bonchev–Trinajstić information content (AvgIpc) is 2.83.